The Hall–Kier alpha value is -4.01. The second-order valence-corrected chi connectivity index (χ2v) is 10.3. The van der Waals surface area contributed by atoms with Crippen molar-refractivity contribution in [3.63, 3.8) is 0 Å². The molecule has 9 heteroatoms. The summed E-state index contributed by atoms with van der Waals surface area (Å²) in [6.07, 6.45) is 3.04. The molecule has 37 heavy (non-hydrogen) atoms. The molecule has 3 amide bonds. The number of anilines is 1. The highest BCUT2D eigenvalue weighted by Crippen LogP contribution is 2.39. The maximum atomic E-state index is 13.8. The smallest absolute Gasteiger partial charge is 0.276 e. The van der Waals surface area contributed by atoms with E-state index >= 15 is 0 Å². The van der Waals surface area contributed by atoms with Gasteiger partial charge in [-0.2, -0.15) is 0 Å². The number of hydrogen-bond donors (Lipinski definition) is 2. The summed E-state index contributed by atoms with van der Waals surface area (Å²) in [7, 11) is 0. The van der Waals surface area contributed by atoms with Crippen LogP contribution in [0.4, 0.5) is 10.1 Å². The van der Waals surface area contributed by atoms with Crippen LogP contribution in [-0.2, 0) is 17.9 Å². The van der Waals surface area contributed by atoms with Crippen LogP contribution in [-0.4, -0.2) is 43.8 Å². The zero-order valence-electron chi connectivity index (χ0n) is 21.1. The van der Waals surface area contributed by atoms with Gasteiger partial charge in [0, 0.05) is 18.3 Å². The summed E-state index contributed by atoms with van der Waals surface area (Å²) in [6, 6.07) is 13.4. The third-order valence-corrected chi connectivity index (χ3v) is 7.09. The molecule has 0 unspecified atom stereocenters. The minimum absolute atomic E-state index is 0.0392. The number of benzene rings is 2. The minimum Gasteiger partial charge on any atom is -0.350 e. The molecule has 2 N–H and O–H groups in total. The fraction of sp³-hybridized carbons (Fsp3) is 0.357. The van der Waals surface area contributed by atoms with E-state index in [2.05, 4.69) is 29.5 Å². The first-order chi connectivity index (χ1) is 17.7. The minimum atomic E-state index is -1.16. The quantitative estimate of drug-likeness (QED) is 0.508. The number of rotatable bonds is 7. The Morgan fingerprint density at radius 3 is 2.41 bits per heavy atom. The van der Waals surface area contributed by atoms with E-state index in [1.807, 2.05) is 24.3 Å². The molecule has 0 radical (unpaired) electrons. The standard InChI is InChI=1S/C28H30FN5O3/c1-17(2)19-6-10-21(11-7-19)32-25(35)23-24-26(36)34(22-12-13-22)28(3,15-33(24)16-31-23)27(37)30-14-18-4-8-20(29)9-5-18/h4-11,16-17,22H,12-15H2,1-3H3,(H,30,37)(H,32,35)/t28-/m0/s1. The van der Waals surface area contributed by atoms with Crippen LogP contribution in [0.5, 0.6) is 0 Å². The molecular formula is C28H30FN5O3. The lowest BCUT2D eigenvalue weighted by atomic mass is 9.93. The lowest BCUT2D eigenvalue weighted by Crippen LogP contribution is -2.64. The van der Waals surface area contributed by atoms with Gasteiger partial charge in [0.1, 0.15) is 17.1 Å². The van der Waals surface area contributed by atoms with E-state index in [0.717, 1.165) is 24.0 Å². The predicted octanol–water partition coefficient (Wildman–Crippen LogP) is 4.09. The molecule has 1 saturated carbocycles. The monoisotopic (exact) mass is 503 g/mol. The van der Waals surface area contributed by atoms with Crippen LogP contribution in [0.25, 0.3) is 0 Å². The second kappa shape index (κ2) is 9.46. The van der Waals surface area contributed by atoms with Crippen molar-refractivity contribution < 1.29 is 18.8 Å². The largest absolute Gasteiger partial charge is 0.350 e. The van der Waals surface area contributed by atoms with Gasteiger partial charge in [0.2, 0.25) is 5.91 Å². The molecule has 0 spiro atoms. The Labute approximate surface area is 214 Å². The normalized spacial score (nSPS) is 19.1. The van der Waals surface area contributed by atoms with Crippen molar-refractivity contribution >= 4 is 23.4 Å². The molecule has 0 bridgehead atoms. The van der Waals surface area contributed by atoms with Crippen LogP contribution >= 0.6 is 0 Å². The van der Waals surface area contributed by atoms with Crippen molar-refractivity contribution in [1.29, 1.82) is 0 Å². The Balaban J connectivity index is 1.37. The van der Waals surface area contributed by atoms with Gasteiger partial charge in [0.05, 0.1) is 12.9 Å². The third kappa shape index (κ3) is 4.73. The molecule has 1 aromatic heterocycles. The first-order valence-corrected chi connectivity index (χ1v) is 12.5. The van der Waals surface area contributed by atoms with Crippen LogP contribution in [0.2, 0.25) is 0 Å². The first kappa shape index (κ1) is 24.7. The van der Waals surface area contributed by atoms with Gasteiger partial charge in [-0.15, -0.1) is 0 Å². The van der Waals surface area contributed by atoms with Crippen molar-refractivity contribution in [1.82, 2.24) is 19.8 Å². The number of nitrogens with one attached hydrogen (secondary N) is 2. The highest BCUT2D eigenvalue weighted by atomic mass is 19.1. The van der Waals surface area contributed by atoms with Crippen molar-refractivity contribution in [3.05, 3.63) is 83.2 Å². The summed E-state index contributed by atoms with van der Waals surface area (Å²) in [5, 5.41) is 5.73. The molecular weight excluding hydrogens is 473 g/mol. The van der Waals surface area contributed by atoms with Gasteiger partial charge in [-0.3, -0.25) is 14.4 Å². The molecule has 1 aliphatic carbocycles. The number of amides is 3. The van der Waals surface area contributed by atoms with E-state index < -0.39 is 11.4 Å². The molecule has 5 rings (SSSR count). The molecule has 2 aromatic carbocycles. The van der Waals surface area contributed by atoms with Gasteiger partial charge in [-0.25, -0.2) is 9.37 Å². The molecule has 2 heterocycles. The van der Waals surface area contributed by atoms with Crippen molar-refractivity contribution in [2.45, 2.75) is 64.2 Å². The van der Waals surface area contributed by atoms with Crippen LogP contribution < -0.4 is 10.6 Å². The highest BCUT2D eigenvalue weighted by Gasteiger charge is 2.53. The summed E-state index contributed by atoms with van der Waals surface area (Å²) in [6.45, 7) is 6.31. The molecule has 2 aliphatic rings. The van der Waals surface area contributed by atoms with E-state index in [-0.39, 0.29) is 48.2 Å². The average molecular weight is 504 g/mol. The fourth-order valence-electron chi connectivity index (χ4n) is 4.84. The van der Waals surface area contributed by atoms with Gasteiger partial charge in [-0.05, 0) is 61.1 Å². The van der Waals surface area contributed by atoms with E-state index in [4.69, 9.17) is 0 Å². The Morgan fingerprint density at radius 1 is 1.11 bits per heavy atom. The lowest BCUT2D eigenvalue weighted by molar-refractivity contribution is -0.133. The average Bonchev–Trinajstić information content (AvgIpc) is 3.61. The van der Waals surface area contributed by atoms with E-state index in [0.29, 0.717) is 11.6 Å². The first-order valence-electron chi connectivity index (χ1n) is 12.5. The van der Waals surface area contributed by atoms with E-state index in [1.54, 1.807) is 28.5 Å². The maximum Gasteiger partial charge on any atom is 0.276 e. The zero-order valence-corrected chi connectivity index (χ0v) is 21.1. The molecule has 1 fully saturated rings. The second-order valence-electron chi connectivity index (χ2n) is 10.3. The fourth-order valence-corrected chi connectivity index (χ4v) is 4.84. The summed E-state index contributed by atoms with van der Waals surface area (Å²) in [5.74, 6) is -1.14. The topological polar surface area (TPSA) is 96.3 Å². The SMILES string of the molecule is CC(C)c1ccc(NC(=O)c2ncn3c2C(=O)N(C2CC2)[C@](C)(C(=O)NCc2ccc(F)cc2)C3)cc1. The van der Waals surface area contributed by atoms with Crippen LogP contribution in [0.15, 0.2) is 54.9 Å². The number of fused-ring (bicyclic) bond motifs is 1. The third-order valence-electron chi connectivity index (χ3n) is 7.09. The number of carbonyl (C=O) groups excluding carboxylic acids is 3. The molecule has 3 aromatic rings. The zero-order chi connectivity index (χ0) is 26.3. The van der Waals surface area contributed by atoms with Crippen LogP contribution in [0.1, 0.15) is 71.6 Å². The van der Waals surface area contributed by atoms with Gasteiger partial charge in [0.25, 0.3) is 11.8 Å². The lowest BCUT2D eigenvalue weighted by Gasteiger charge is -2.44. The predicted molar refractivity (Wildman–Crippen MR) is 137 cm³/mol. The Morgan fingerprint density at radius 2 is 1.78 bits per heavy atom. The number of nitrogens with zero attached hydrogens (tertiary/aromatic N) is 3. The van der Waals surface area contributed by atoms with E-state index in [9.17, 15) is 18.8 Å². The van der Waals surface area contributed by atoms with Crippen LogP contribution in [0.3, 0.4) is 0 Å². The van der Waals surface area contributed by atoms with Crippen molar-refractivity contribution in [2.75, 3.05) is 5.32 Å². The maximum absolute atomic E-state index is 13.8. The van der Waals surface area contributed by atoms with Crippen molar-refractivity contribution in [2.24, 2.45) is 0 Å². The Kier molecular flexibility index (Phi) is 6.31. The van der Waals surface area contributed by atoms with Gasteiger partial charge in [0.15, 0.2) is 5.69 Å². The molecule has 1 atom stereocenters. The van der Waals surface area contributed by atoms with Gasteiger partial charge < -0.3 is 20.1 Å². The Bertz CT molecular complexity index is 1350. The number of carbonyl (C=O) groups is 3. The molecule has 192 valence electrons. The molecule has 8 nitrogen and oxygen atoms in total. The molecule has 0 saturated heterocycles. The summed E-state index contributed by atoms with van der Waals surface area (Å²) >= 11 is 0. The number of halogens is 1. The molecule has 1 aliphatic heterocycles. The van der Waals surface area contributed by atoms with Crippen molar-refractivity contribution in [3.8, 4) is 0 Å². The van der Waals surface area contributed by atoms with Gasteiger partial charge in [-0.1, -0.05) is 38.1 Å². The van der Waals surface area contributed by atoms with Gasteiger partial charge >= 0.3 is 0 Å². The number of aromatic nitrogens is 2. The highest BCUT2D eigenvalue weighted by molar-refractivity contribution is 6.11. The summed E-state index contributed by atoms with van der Waals surface area (Å²) in [4.78, 5) is 46.2. The van der Waals surface area contributed by atoms with Crippen LogP contribution in [0, 0.1) is 5.82 Å². The number of imidazole rings is 1. The van der Waals surface area contributed by atoms with E-state index in [1.165, 1.54) is 18.5 Å². The summed E-state index contributed by atoms with van der Waals surface area (Å²) < 4.78 is 14.8. The summed E-state index contributed by atoms with van der Waals surface area (Å²) in [5.41, 5.74) is 1.59. The number of hydrogen-bond acceptors (Lipinski definition) is 4.